The van der Waals surface area contributed by atoms with E-state index in [9.17, 15) is 9.90 Å². The van der Waals surface area contributed by atoms with Crippen molar-refractivity contribution in [3.63, 3.8) is 0 Å². The highest BCUT2D eigenvalue weighted by molar-refractivity contribution is 5.97. The van der Waals surface area contributed by atoms with Crippen molar-refractivity contribution in [1.29, 1.82) is 0 Å². The average Bonchev–Trinajstić information content (AvgIpc) is 3.06. The molecule has 160 valence electrons. The van der Waals surface area contributed by atoms with Gasteiger partial charge < -0.3 is 19.1 Å². The van der Waals surface area contributed by atoms with Crippen molar-refractivity contribution >= 4 is 17.0 Å². The molecule has 0 bridgehead atoms. The van der Waals surface area contributed by atoms with E-state index in [0.29, 0.717) is 24.4 Å². The van der Waals surface area contributed by atoms with E-state index in [4.69, 9.17) is 14.5 Å². The Morgan fingerprint density at radius 2 is 1.83 bits per heavy atom. The van der Waals surface area contributed by atoms with Gasteiger partial charge in [-0.2, -0.15) is 0 Å². The Balaban J connectivity index is 2.32. The van der Waals surface area contributed by atoms with E-state index in [1.54, 1.807) is 7.11 Å². The Hall–Kier alpha value is -2.70. The maximum Gasteiger partial charge on any atom is 0.337 e. The lowest BCUT2D eigenvalue weighted by Gasteiger charge is -2.28. The molecule has 0 saturated carbocycles. The molecule has 0 aliphatic rings. The van der Waals surface area contributed by atoms with Crippen LogP contribution in [-0.2, 0) is 20.8 Å². The van der Waals surface area contributed by atoms with Crippen LogP contribution in [0.25, 0.3) is 22.2 Å². The zero-order valence-electron chi connectivity index (χ0n) is 18.5. The Bertz CT molecular complexity index is 1050. The third-order valence-electron chi connectivity index (χ3n) is 4.97. The fourth-order valence-electron chi connectivity index (χ4n) is 3.64. The SMILES string of the molecule is COCCn1ccc2c(-c3ccc(C)cc3)c(C(OC(C)(C)C)C(=O)O)c(C)nc21. The van der Waals surface area contributed by atoms with Gasteiger partial charge in [-0.25, -0.2) is 9.78 Å². The van der Waals surface area contributed by atoms with Crippen LogP contribution in [0.5, 0.6) is 0 Å². The van der Waals surface area contributed by atoms with Crippen molar-refractivity contribution < 1.29 is 19.4 Å². The quantitative estimate of drug-likeness (QED) is 0.599. The van der Waals surface area contributed by atoms with E-state index in [0.717, 1.165) is 27.7 Å². The topological polar surface area (TPSA) is 73.6 Å². The van der Waals surface area contributed by atoms with Crippen molar-refractivity contribution in [2.24, 2.45) is 0 Å². The third kappa shape index (κ3) is 4.55. The van der Waals surface area contributed by atoms with E-state index in [1.165, 1.54) is 0 Å². The summed E-state index contributed by atoms with van der Waals surface area (Å²) < 4.78 is 13.3. The van der Waals surface area contributed by atoms with Crippen molar-refractivity contribution in [3.05, 3.63) is 53.3 Å². The van der Waals surface area contributed by atoms with E-state index in [1.807, 2.05) is 75.7 Å². The third-order valence-corrected chi connectivity index (χ3v) is 4.97. The minimum absolute atomic E-state index is 0.566. The molecule has 1 N–H and O–H groups in total. The van der Waals surface area contributed by atoms with Gasteiger partial charge in [-0.05, 0) is 46.2 Å². The van der Waals surface area contributed by atoms with Gasteiger partial charge in [0.25, 0.3) is 0 Å². The number of rotatable bonds is 7. The summed E-state index contributed by atoms with van der Waals surface area (Å²) in [6, 6.07) is 10.1. The lowest BCUT2D eigenvalue weighted by atomic mass is 9.92. The predicted molar refractivity (Wildman–Crippen MR) is 118 cm³/mol. The summed E-state index contributed by atoms with van der Waals surface area (Å²) in [5, 5.41) is 11.0. The second kappa shape index (κ2) is 8.58. The molecule has 0 aliphatic heterocycles. The fraction of sp³-hybridized carbons (Fsp3) is 0.417. The molecule has 2 aromatic heterocycles. The first kappa shape index (κ1) is 22.0. The number of carboxylic acid groups (broad SMARTS) is 1. The van der Waals surface area contributed by atoms with E-state index in [-0.39, 0.29) is 0 Å². The molecule has 3 aromatic rings. The van der Waals surface area contributed by atoms with Crippen LogP contribution in [0.3, 0.4) is 0 Å². The van der Waals surface area contributed by atoms with Crippen LogP contribution in [-0.4, -0.2) is 39.9 Å². The Morgan fingerprint density at radius 1 is 1.17 bits per heavy atom. The molecule has 1 atom stereocenters. The number of fused-ring (bicyclic) bond motifs is 1. The number of methoxy groups -OCH3 is 1. The smallest absolute Gasteiger partial charge is 0.337 e. The number of ether oxygens (including phenoxy) is 2. The van der Waals surface area contributed by atoms with Gasteiger partial charge >= 0.3 is 5.97 Å². The fourth-order valence-corrected chi connectivity index (χ4v) is 3.64. The molecule has 0 spiro atoms. The summed E-state index contributed by atoms with van der Waals surface area (Å²) in [6.07, 6.45) is 0.846. The number of benzene rings is 1. The molecule has 2 heterocycles. The second-order valence-electron chi connectivity index (χ2n) is 8.54. The summed E-state index contributed by atoms with van der Waals surface area (Å²) in [5.74, 6) is -1.03. The molecule has 0 amide bonds. The molecule has 1 unspecified atom stereocenters. The summed E-state index contributed by atoms with van der Waals surface area (Å²) in [7, 11) is 1.67. The van der Waals surface area contributed by atoms with Crippen LogP contribution in [0.1, 0.15) is 43.7 Å². The zero-order valence-corrected chi connectivity index (χ0v) is 18.5. The van der Waals surface area contributed by atoms with Gasteiger partial charge in [0, 0.05) is 42.1 Å². The lowest BCUT2D eigenvalue weighted by molar-refractivity contribution is -0.160. The molecular formula is C24H30N2O4. The maximum absolute atomic E-state index is 12.3. The number of carbonyl (C=O) groups is 1. The standard InChI is InChI=1S/C24H30N2O4/c1-15-7-9-17(10-8-15)20-18-11-12-26(13-14-29-6)22(18)25-16(2)19(20)21(23(27)28)30-24(3,4)5/h7-12,21H,13-14H2,1-6H3,(H,27,28). The molecule has 0 fully saturated rings. The summed E-state index contributed by atoms with van der Waals surface area (Å²) >= 11 is 0. The first-order chi connectivity index (χ1) is 14.1. The van der Waals surface area contributed by atoms with Crippen LogP contribution < -0.4 is 0 Å². The van der Waals surface area contributed by atoms with E-state index in [2.05, 4.69) is 0 Å². The minimum atomic E-state index is -1.12. The Morgan fingerprint density at radius 3 is 2.40 bits per heavy atom. The first-order valence-corrected chi connectivity index (χ1v) is 10.1. The molecule has 3 rings (SSSR count). The number of nitrogens with zero attached hydrogens (tertiary/aromatic N) is 2. The van der Waals surface area contributed by atoms with Gasteiger partial charge in [-0.1, -0.05) is 29.8 Å². The molecule has 6 heteroatoms. The minimum Gasteiger partial charge on any atom is -0.479 e. The van der Waals surface area contributed by atoms with Crippen molar-refractivity contribution in [2.45, 2.75) is 52.9 Å². The van der Waals surface area contributed by atoms with Crippen LogP contribution in [0.2, 0.25) is 0 Å². The number of aliphatic carboxylic acids is 1. The molecule has 1 aromatic carbocycles. The van der Waals surface area contributed by atoms with Gasteiger partial charge in [-0.3, -0.25) is 0 Å². The number of aromatic nitrogens is 2. The highest BCUT2D eigenvalue weighted by atomic mass is 16.5. The molecule has 6 nitrogen and oxygen atoms in total. The Kier molecular flexibility index (Phi) is 6.29. The van der Waals surface area contributed by atoms with E-state index >= 15 is 0 Å². The highest BCUT2D eigenvalue weighted by Gasteiger charge is 2.32. The first-order valence-electron chi connectivity index (χ1n) is 10.1. The van der Waals surface area contributed by atoms with Crippen molar-refractivity contribution in [3.8, 4) is 11.1 Å². The van der Waals surface area contributed by atoms with Gasteiger partial charge in [-0.15, -0.1) is 0 Å². The number of hydrogen-bond donors (Lipinski definition) is 1. The van der Waals surface area contributed by atoms with Gasteiger partial charge in [0.15, 0.2) is 6.10 Å². The lowest BCUT2D eigenvalue weighted by Crippen LogP contribution is -2.28. The number of hydrogen-bond acceptors (Lipinski definition) is 4. The van der Waals surface area contributed by atoms with E-state index < -0.39 is 17.7 Å². The molecule has 0 saturated heterocycles. The predicted octanol–water partition coefficient (Wildman–Crippen LogP) is 4.91. The van der Waals surface area contributed by atoms with Crippen molar-refractivity contribution in [2.75, 3.05) is 13.7 Å². The Labute approximate surface area is 177 Å². The van der Waals surface area contributed by atoms with Crippen LogP contribution in [0.4, 0.5) is 0 Å². The number of carboxylic acids is 1. The normalized spacial score (nSPS) is 13.0. The summed E-state index contributed by atoms with van der Waals surface area (Å²) in [5.41, 5.74) is 4.36. The maximum atomic E-state index is 12.3. The van der Waals surface area contributed by atoms with Crippen LogP contribution in [0.15, 0.2) is 36.5 Å². The number of aryl methyl sites for hydroxylation is 2. The number of pyridine rings is 1. The van der Waals surface area contributed by atoms with Crippen molar-refractivity contribution in [1.82, 2.24) is 9.55 Å². The average molecular weight is 411 g/mol. The molecule has 30 heavy (non-hydrogen) atoms. The summed E-state index contributed by atoms with van der Waals surface area (Å²) in [6.45, 7) is 10.7. The largest absolute Gasteiger partial charge is 0.479 e. The van der Waals surface area contributed by atoms with Gasteiger partial charge in [0.1, 0.15) is 5.65 Å². The second-order valence-corrected chi connectivity index (χ2v) is 8.54. The molecular weight excluding hydrogens is 380 g/mol. The zero-order chi connectivity index (χ0) is 22.1. The molecule has 0 aliphatic carbocycles. The van der Waals surface area contributed by atoms with Gasteiger partial charge in [0.2, 0.25) is 0 Å². The van der Waals surface area contributed by atoms with Crippen LogP contribution >= 0.6 is 0 Å². The van der Waals surface area contributed by atoms with Gasteiger partial charge in [0.05, 0.1) is 12.2 Å². The summed E-state index contributed by atoms with van der Waals surface area (Å²) in [4.78, 5) is 17.1. The van der Waals surface area contributed by atoms with Crippen LogP contribution in [0, 0.1) is 13.8 Å². The monoisotopic (exact) mass is 410 g/mol. The molecule has 0 radical (unpaired) electrons. The highest BCUT2D eigenvalue weighted by Crippen LogP contribution is 2.39.